The van der Waals surface area contributed by atoms with Crippen molar-refractivity contribution in [2.45, 2.75) is 19.8 Å². The van der Waals surface area contributed by atoms with Crippen molar-refractivity contribution in [2.24, 2.45) is 5.92 Å². The average Bonchev–Trinajstić information content (AvgIpc) is 2.30. The summed E-state index contributed by atoms with van der Waals surface area (Å²) in [6.07, 6.45) is 5.24. The molecule has 1 aliphatic heterocycles. The Kier molecular flexibility index (Phi) is 6.85. The quantitative estimate of drug-likeness (QED) is 0.393. The van der Waals surface area contributed by atoms with E-state index in [1.165, 1.54) is 6.08 Å². The molecule has 0 atom stereocenters. The summed E-state index contributed by atoms with van der Waals surface area (Å²) in [5, 5.41) is 0. The van der Waals surface area contributed by atoms with Crippen LogP contribution in [0.1, 0.15) is 19.8 Å². The van der Waals surface area contributed by atoms with E-state index >= 15 is 0 Å². The third-order valence-electron chi connectivity index (χ3n) is 2.45. The van der Waals surface area contributed by atoms with Crippen molar-refractivity contribution >= 4 is 5.97 Å². The van der Waals surface area contributed by atoms with Crippen molar-refractivity contribution in [3.8, 4) is 0 Å². The zero-order valence-corrected chi connectivity index (χ0v) is 9.81. The summed E-state index contributed by atoms with van der Waals surface area (Å²) in [4.78, 5) is 10.9. The van der Waals surface area contributed by atoms with Crippen molar-refractivity contribution in [1.29, 1.82) is 0 Å². The highest BCUT2D eigenvalue weighted by molar-refractivity contribution is 5.81. The van der Waals surface area contributed by atoms with Crippen LogP contribution in [-0.2, 0) is 19.0 Å². The van der Waals surface area contributed by atoms with Gasteiger partial charge in [-0.1, -0.05) is 6.08 Å². The molecule has 4 nitrogen and oxygen atoms in total. The number of rotatable bonds is 6. The predicted octanol–water partition coefficient (Wildman–Crippen LogP) is 1.55. The Morgan fingerprint density at radius 1 is 1.44 bits per heavy atom. The molecule has 1 aliphatic rings. The highest BCUT2D eigenvalue weighted by Crippen LogP contribution is 2.14. The molecule has 0 aliphatic carbocycles. The number of carbonyl (C=O) groups is 1. The third-order valence-corrected chi connectivity index (χ3v) is 2.45. The van der Waals surface area contributed by atoms with Crippen LogP contribution in [-0.4, -0.2) is 39.0 Å². The molecule has 1 rings (SSSR count). The van der Waals surface area contributed by atoms with Gasteiger partial charge in [-0.25, -0.2) is 4.79 Å². The van der Waals surface area contributed by atoms with Gasteiger partial charge in [0.05, 0.1) is 13.2 Å². The molecule has 1 heterocycles. The monoisotopic (exact) mass is 228 g/mol. The van der Waals surface area contributed by atoms with Crippen LogP contribution in [0.4, 0.5) is 0 Å². The summed E-state index contributed by atoms with van der Waals surface area (Å²) in [6.45, 7) is 5.09. The first-order chi connectivity index (χ1) is 7.83. The van der Waals surface area contributed by atoms with Crippen LogP contribution in [0.3, 0.4) is 0 Å². The first-order valence-electron chi connectivity index (χ1n) is 5.81. The van der Waals surface area contributed by atoms with Crippen molar-refractivity contribution in [1.82, 2.24) is 0 Å². The van der Waals surface area contributed by atoms with E-state index < -0.39 is 0 Å². The molecule has 0 N–H and O–H groups in total. The van der Waals surface area contributed by atoms with Crippen LogP contribution >= 0.6 is 0 Å². The fourth-order valence-electron chi connectivity index (χ4n) is 1.55. The smallest absolute Gasteiger partial charge is 0.330 e. The van der Waals surface area contributed by atoms with Crippen LogP contribution in [0.15, 0.2) is 12.2 Å². The van der Waals surface area contributed by atoms with Crippen LogP contribution in [0, 0.1) is 5.92 Å². The zero-order chi connectivity index (χ0) is 11.6. The van der Waals surface area contributed by atoms with Gasteiger partial charge in [-0.15, -0.1) is 0 Å². The molecular formula is C12H20O4. The largest absolute Gasteiger partial charge is 0.463 e. The van der Waals surface area contributed by atoms with Crippen LogP contribution < -0.4 is 0 Å². The predicted molar refractivity (Wildman–Crippen MR) is 60.1 cm³/mol. The van der Waals surface area contributed by atoms with Gasteiger partial charge in [-0.3, -0.25) is 0 Å². The molecule has 1 saturated heterocycles. The molecule has 0 aromatic carbocycles. The lowest BCUT2D eigenvalue weighted by Gasteiger charge is -2.21. The fourth-order valence-corrected chi connectivity index (χ4v) is 1.55. The van der Waals surface area contributed by atoms with E-state index in [0.29, 0.717) is 19.1 Å². The molecular weight excluding hydrogens is 208 g/mol. The molecule has 1 fully saturated rings. The minimum Gasteiger partial charge on any atom is -0.463 e. The Bertz CT molecular complexity index is 219. The highest BCUT2D eigenvalue weighted by atomic mass is 16.5. The average molecular weight is 228 g/mol. The maximum atomic E-state index is 10.9. The van der Waals surface area contributed by atoms with Crippen molar-refractivity contribution in [3.63, 3.8) is 0 Å². The van der Waals surface area contributed by atoms with Crippen molar-refractivity contribution in [2.75, 3.05) is 33.0 Å². The summed E-state index contributed by atoms with van der Waals surface area (Å²) >= 11 is 0. The lowest BCUT2D eigenvalue weighted by atomic mass is 10.0. The first kappa shape index (κ1) is 13.2. The van der Waals surface area contributed by atoms with Gasteiger partial charge in [0.2, 0.25) is 0 Å². The van der Waals surface area contributed by atoms with E-state index in [2.05, 4.69) is 0 Å². The fraction of sp³-hybridized carbons (Fsp3) is 0.750. The van der Waals surface area contributed by atoms with E-state index in [1.54, 1.807) is 13.0 Å². The summed E-state index contributed by atoms with van der Waals surface area (Å²) in [5.74, 6) is 0.293. The van der Waals surface area contributed by atoms with Gasteiger partial charge in [0.1, 0.15) is 0 Å². The number of esters is 1. The Balaban J connectivity index is 2.00. The van der Waals surface area contributed by atoms with Gasteiger partial charge < -0.3 is 14.2 Å². The number of carbonyl (C=O) groups excluding carboxylic acids is 1. The van der Waals surface area contributed by atoms with Gasteiger partial charge in [0.15, 0.2) is 0 Å². The lowest BCUT2D eigenvalue weighted by molar-refractivity contribution is -0.137. The summed E-state index contributed by atoms with van der Waals surface area (Å²) in [7, 11) is 0. The van der Waals surface area contributed by atoms with Gasteiger partial charge in [0, 0.05) is 25.9 Å². The number of hydrogen-bond donors (Lipinski definition) is 0. The zero-order valence-electron chi connectivity index (χ0n) is 9.81. The second-order valence-corrected chi connectivity index (χ2v) is 3.75. The van der Waals surface area contributed by atoms with Crippen LogP contribution in [0.5, 0.6) is 0 Å². The van der Waals surface area contributed by atoms with Gasteiger partial charge in [0.25, 0.3) is 0 Å². The summed E-state index contributed by atoms with van der Waals surface area (Å²) < 4.78 is 15.4. The summed E-state index contributed by atoms with van der Waals surface area (Å²) in [6, 6.07) is 0. The van der Waals surface area contributed by atoms with Gasteiger partial charge in [-0.05, 0) is 25.7 Å². The highest BCUT2D eigenvalue weighted by Gasteiger charge is 2.12. The molecule has 0 spiro atoms. The minimum absolute atomic E-state index is 0.308. The molecule has 4 heteroatoms. The van der Waals surface area contributed by atoms with Gasteiger partial charge >= 0.3 is 5.97 Å². The standard InChI is InChI=1S/C12H20O4/c1-2-16-12(13)4-3-7-15-10-11-5-8-14-9-6-11/h3-4,11H,2,5-10H2,1H3/b4-3+. The molecule has 0 bridgehead atoms. The van der Waals surface area contributed by atoms with Crippen LogP contribution in [0.2, 0.25) is 0 Å². The number of hydrogen-bond acceptors (Lipinski definition) is 4. The van der Waals surface area contributed by atoms with Crippen molar-refractivity contribution < 1.29 is 19.0 Å². The minimum atomic E-state index is -0.308. The molecule has 0 aromatic rings. The molecule has 0 radical (unpaired) electrons. The van der Waals surface area contributed by atoms with Gasteiger partial charge in [-0.2, -0.15) is 0 Å². The molecule has 0 amide bonds. The second-order valence-electron chi connectivity index (χ2n) is 3.75. The van der Waals surface area contributed by atoms with E-state index in [1.807, 2.05) is 0 Å². The Hall–Kier alpha value is -0.870. The Morgan fingerprint density at radius 2 is 2.19 bits per heavy atom. The van der Waals surface area contributed by atoms with E-state index in [0.717, 1.165) is 32.7 Å². The normalized spacial score (nSPS) is 17.8. The van der Waals surface area contributed by atoms with E-state index in [-0.39, 0.29) is 5.97 Å². The second kappa shape index (κ2) is 8.30. The number of ether oxygens (including phenoxy) is 3. The van der Waals surface area contributed by atoms with Crippen LogP contribution in [0.25, 0.3) is 0 Å². The Labute approximate surface area is 96.6 Å². The maximum Gasteiger partial charge on any atom is 0.330 e. The maximum absolute atomic E-state index is 10.9. The SMILES string of the molecule is CCOC(=O)/C=C/COCC1CCOCC1. The Morgan fingerprint density at radius 3 is 2.88 bits per heavy atom. The molecule has 92 valence electrons. The van der Waals surface area contributed by atoms with E-state index in [9.17, 15) is 4.79 Å². The summed E-state index contributed by atoms with van der Waals surface area (Å²) in [5.41, 5.74) is 0. The third kappa shape index (κ3) is 5.88. The molecule has 0 saturated carbocycles. The molecule has 16 heavy (non-hydrogen) atoms. The molecule has 0 aromatic heterocycles. The topological polar surface area (TPSA) is 44.8 Å². The first-order valence-corrected chi connectivity index (χ1v) is 5.81. The molecule has 0 unspecified atom stereocenters. The van der Waals surface area contributed by atoms with Crippen molar-refractivity contribution in [3.05, 3.63) is 12.2 Å². The lowest BCUT2D eigenvalue weighted by Crippen LogP contribution is -2.20. The van der Waals surface area contributed by atoms with E-state index in [4.69, 9.17) is 14.2 Å².